The summed E-state index contributed by atoms with van der Waals surface area (Å²) in [5.41, 5.74) is 1.42. The molecule has 1 aromatic carbocycles. The van der Waals surface area contributed by atoms with Gasteiger partial charge in [0.15, 0.2) is 0 Å². The van der Waals surface area contributed by atoms with E-state index in [9.17, 15) is 14.7 Å². The second kappa shape index (κ2) is 3.30. The van der Waals surface area contributed by atoms with Gasteiger partial charge >= 0.3 is 5.97 Å². The maximum Gasteiger partial charge on any atom is 0.318 e. The highest BCUT2D eigenvalue weighted by atomic mass is 16.5. The number of rotatable bonds is 2. The van der Waals surface area contributed by atoms with Crippen molar-refractivity contribution in [1.29, 1.82) is 0 Å². The van der Waals surface area contributed by atoms with Crippen molar-refractivity contribution in [3.8, 4) is 0 Å². The number of carbonyl (C=O) groups is 2. The zero-order valence-corrected chi connectivity index (χ0v) is 9.03. The van der Waals surface area contributed by atoms with Crippen LogP contribution in [-0.2, 0) is 26.2 Å². The topological polar surface area (TPSA) is 75.6 Å². The molecular weight excluding hydrogens is 222 g/mol. The Kier molecular flexibility index (Phi) is 2.00. The van der Waals surface area contributed by atoms with E-state index in [0.29, 0.717) is 12.0 Å². The minimum absolute atomic E-state index is 0.0496. The molecular formula is C12H11NO4. The summed E-state index contributed by atoms with van der Waals surface area (Å²) in [6.45, 7) is 0.394. The molecule has 0 atom stereocenters. The van der Waals surface area contributed by atoms with Gasteiger partial charge in [-0.25, -0.2) is 0 Å². The van der Waals surface area contributed by atoms with Gasteiger partial charge in [0.05, 0.1) is 19.6 Å². The minimum atomic E-state index is -0.930. The highest BCUT2D eigenvalue weighted by Gasteiger charge is 2.48. The number of benzene rings is 1. The molecule has 1 saturated heterocycles. The van der Waals surface area contributed by atoms with Gasteiger partial charge in [-0.2, -0.15) is 0 Å². The number of aliphatic carboxylic acids is 1. The Morgan fingerprint density at radius 3 is 2.76 bits per heavy atom. The van der Waals surface area contributed by atoms with E-state index in [1.165, 1.54) is 0 Å². The van der Waals surface area contributed by atoms with Crippen LogP contribution in [0.25, 0.3) is 0 Å². The molecule has 17 heavy (non-hydrogen) atoms. The Bertz CT molecular complexity index is 519. The lowest BCUT2D eigenvalue weighted by molar-refractivity contribution is -0.163. The van der Waals surface area contributed by atoms with Crippen molar-refractivity contribution in [2.45, 2.75) is 11.8 Å². The number of carboxylic acids is 1. The Hall–Kier alpha value is -1.88. The van der Waals surface area contributed by atoms with Crippen molar-refractivity contribution in [3.63, 3.8) is 0 Å². The number of anilines is 1. The van der Waals surface area contributed by atoms with Crippen molar-refractivity contribution in [1.82, 2.24) is 0 Å². The van der Waals surface area contributed by atoms with Crippen LogP contribution < -0.4 is 5.32 Å². The molecule has 0 unspecified atom stereocenters. The summed E-state index contributed by atoms with van der Waals surface area (Å²) < 4.78 is 5.03. The van der Waals surface area contributed by atoms with Crippen molar-refractivity contribution in [2.24, 2.45) is 0 Å². The van der Waals surface area contributed by atoms with E-state index in [1.807, 2.05) is 0 Å². The fourth-order valence-electron chi connectivity index (χ4n) is 2.25. The molecule has 0 aliphatic carbocycles. The molecule has 3 rings (SSSR count). The molecule has 0 radical (unpaired) electrons. The number of amides is 1. The molecule has 2 heterocycles. The fourth-order valence-corrected chi connectivity index (χ4v) is 2.25. The van der Waals surface area contributed by atoms with E-state index in [4.69, 9.17) is 4.74 Å². The van der Waals surface area contributed by atoms with Gasteiger partial charge in [0.2, 0.25) is 5.91 Å². The summed E-state index contributed by atoms with van der Waals surface area (Å²) in [5, 5.41) is 12.0. The van der Waals surface area contributed by atoms with Crippen molar-refractivity contribution >= 4 is 17.6 Å². The van der Waals surface area contributed by atoms with Crippen LogP contribution in [0, 0.1) is 0 Å². The third-order valence-electron chi connectivity index (χ3n) is 3.39. The Morgan fingerprint density at radius 2 is 2.18 bits per heavy atom. The monoisotopic (exact) mass is 233 g/mol. The number of ether oxygens (including phenoxy) is 1. The molecule has 0 saturated carbocycles. The Morgan fingerprint density at radius 1 is 1.41 bits per heavy atom. The molecule has 88 valence electrons. The SMILES string of the molecule is O=C1Cc2cc(C3(C(=O)O)COC3)ccc2N1. The molecule has 2 aliphatic heterocycles. The van der Waals surface area contributed by atoms with Crippen LogP contribution in [0.1, 0.15) is 11.1 Å². The first-order valence-electron chi connectivity index (χ1n) is 5.36. The van der Waals surface area contributed by atoms with Crippen LogP contribution in [0.2, 0.25) is 0 Å². The first-order valence-corrected chi connectivity index (χ1v) is 5.36. The highest BCUT2D eigenvalue weighted by molar-refractivity contribution is 5.99. The van der Waals surface area contributed by atoms with E-state index in [2.05, 4.69) is 5.32 Å². The number of fused-ring (bicyclic) bond motifs is 1. The van der Waals surface area contributed by atoms with Crippen molar-refractivity contribution < 1.29 is 19.4 Å². The zero-order chi connectivity index (χ0) is 12.0. The second-order valence-electron chi connectivity index (χ2n) is 4.48. The number of carbonyl (C=O) groups excluding carboxylic acids is 1. The standard InChI is InChI=1S/C12H11NO4/c14-10-4-7-3-8(1-2-9(7)13-10)12(11(15)16)5-17-6-12/h1-3H,4-6H2,(H,13,14)(H,15,16). The predicted octanol–water partition coefficient (Wildman–Crippen LogP) is 0.534. The maximum absolute atomic E-state index is 11.3. The summed E-state index contributed by atoms with van der Waals surface area (Å²) in [4.78, 5) is 22.5. The molecule has 5 heteroatoms. The first-order chi connectivity index (χ1) is 8.12. The lowest BCUT2D eigenvalue weighted by Gasteiger charge is -2.37. The maximum atomic E-state index is 11.3. The molecule has 1 amide bonds. The average Bonchev–Trinajstić information content (AvgIpc) is 2.54. The lowest BCUT2D eigenvalue weighted by atomic mass is 9.78. The van der Waals surface area contributed by atoms with Gasteiger partial charge in [0.1, 0.15) is 5.41 Å². The summed E-state index contributed by atoms with van der Waals surface area (Å²) in [6, 6.07) is 5.31. The normalized spacial score (nSPS) is 20.4. The van der Waals surface area contributed by atoms with Gasteiger partial charge in [0, 0.05) is 5.69 Å². The summed E-state index contributed by atoms with van der Waals surface area (Å²) in [7, 11) is 0. The third-order valence-corrected chi connectivity index (χ3v) is 3.39. The van der Waals surface area contributed by atoms with Crippen LogP contribution >= 0.6 is 0 Å². The van der Waals surface area contributed by atoms with Crippen LogP contribution in [0.4, 0.5) is 5.69 Å². The van der Waals surface area contributed by atoms with Crippen LogP contribution in [0.5, 0.6) is 0 Å². The van der Waals surface area contributed by atoms with Gasteiger partial charge in [-0.3, -0.25) is 9.59 Å². The van der Waals surface area contributed by atoms with Crippen LogP contribution in [0.15, 0.2) is 18.2 Å². The van der Waals surface area contributed by atoms with Gasteiger partial charge in [-0.15, -0.1) is 0 Å². The molecule has 1 aromatic rings. The molecule has 0 spiro atoms. The summed E-state index contributed by atoms with van der Waals surface area (Å²) in [5.74, 6) is -0.924. The summed E-state index contributed by atoms with van der Waals surface area (Å²) in [6.07, 6.45) is 0.319. The second-order valence-corrected chi connectivity index (χ2v) is 4.48. The van der Waals surface area contributed by atoms with Crippen LogP contribution in [-0.4, -0.2) is 30.2 Å². The van der Waals surface area contributed by atoms with E-state index in [1.54, 1.807) is 18.2 Å². The van der Waals surface area contributed by atoms with Gasteiger partial charge in [0.25, 0.3) is 0 Å². The molecule has 0 aromatic heterocycles. The smallest absolute Gasteiger partial charge is 0.318 e. The Balaban J connectivity index is 2.03. The quantitative estimate of drug-likeness (QED) is 0.781. The van der Waals surface area contributed by atoms with E-state index in [-0.39, 0.29) is 19.1 Å². The molecule has 1 fully saturated rings. The zero-order valence-electron chi connectivity index (χ0n) is 9.03. The number of hydrogen-bond acceptors (Lipinski definition) is 3. The predicted molar refractivity (Wildman–Crippen MR) is 58.9 cm³/mol. The highest BCUT2D eigenvalue weighted by Crippen LogP contribution is 2.35. The van der Waals surface area contributed by atoms with Crippen LogP contribution in [0.3, 0.4) is 0 Å². The van der Waals surface area contributed by atoms with Gasteiger partial charge in [-0.05, 0) is 17.2 Å². The lowest BCUT2D eigenvalue weighted by Crippen LogP contribution is -2.53. The third kappa shape index (κ3) is 1.36. The van der Waals surface area contributed by atoms with Crippen molar-refractivity contribution in [3.05, 3.63) is 29.3 Å². The van der Waals surface area contributed by atoms with E-state index >= 15 is 0 Å². The van der Waals surface area contributed by atoms with Crippen molar-refractivity contribution in [2.75, 3.05) is 18.5 Å². The largest absolute Gasteiger partial charge is 0.480 e. The molecule has 0 bridgehead atoms. The number of carboxylic acid groups (broad SMARTS) is 1. The van der Waals surface area contributed by atoms with E-state index < -0.39 is 11.4 Å². The van der Waals surface area contributed by atoms with Gasteiger partial charge in [-0.1, -0.05) is 12.1 Å². The molecule has 2 aliphatic rings. The van der Waals surface area contributed by atoms with Gasteiger partial charge < -0.3 is 15.2 Å². The number of hydrogen-bond donors (Lipinski definition) is 2. The van der Waals surface area contributed by atoms with E-state index in [0.717, 1.165) is 11.3 Å². The Labute approximate surface area is 97.4 Å². The first kappa shape index (κ1) is 10.3. The minimum Gasteiger partial charge on any atom is -0.480 e. The number of nitrogens with one attached hydrogen (secondary N) is 1. The average molecular weight is 233 g/mol. The fraction of sp³-hybridized carbons (Fsp3) is 0.333. The molecule has 5 nitrogen and oxygen atoms in total. The summed E-state index contributed by atoms with van der Waals surface area (Å²) >= 11 is 0. The molecule has 2 N–H and O–H groups in total.